The van der Waals surface area contributed by atoms with Crippen molar-refractivity contribution in [3.8, 4) is 0 Å². The summed E-state index contributed by atoms with van der Waals surface area (Å²) in [5, 5.41) is 10.1. The number of aliphatic hydroxyl groups excluding tert-OH is 1. The number of aliphatic hydroxyl groups is 1. The van der Waals surface area contributed by atoms with Crippen molar-refractivity contribution in [1.29, 1.82) is 0 Å². The lowest BCUT2D eigenvalue weighted by Crippen LogP contribution is -2.57. The van der Waals surface area contributed by atoms with Gasteiger partial charge in [0.25, 0.3) is 0 Å². The van der Waals surface area contributed by atoms with Crippen LogP contribution in [-0.2, 0) is 16.6 Å². The fourth-order valence-corrected chi connectivity index (χ4v) is 4.03. The molecule has 2 aliphatic rings. The molecule has 0 bridgehead atoms. The van der Waals surface area contributed by atoms with Crippen molar-refractivity contribution in [2.75, 3.05) is 0 Å². The summed E-state index contributed by atoms with van der Waals surface area (Å²) >= 11 is 0. The van der Waals surface area contributed by atoms with Crippen molar-refractivity contribution in [2.24, 2.45) is 11.8 Å². The molecule has 4 heteroatoms. The molecule has 2 aliphatic carbocycles. The lowest BCUT2D eigenvalue weighted by Gasteiger charge is -2.48. The molecule has 0 radical (unpaired) electrons. The second-order valence-electron chi connectivity index (χ2n) is 5.77. The molecule has 1 saturated carbocycles. The fraction of sp³-hybridized carbons (Fsp3) is 0.533. The molecule has 0 heterocycles. The molecule has 4 nitrogen and oxygen atoms in total. The van der Waals surface area contributed by atoms with Crippen molar-refractivity contribution < 1.29 is 9.90 Å². The molecule has 3 atom stereocenters. The highest BCUT2D eigenvalue weighted by atomic mass is 16.3. The number of amides is 1. The van der Waals surface area contributed by atoms with Gasteiger partial charge in [0.1, 0.15) is 0 Å². The van der Waals surface area contributed by atoms with Crippen LogP contribution in [0.1, 0.15) is 36.8 Å². The summed E-state index contributed by atoms with van der Waals surface area (Å²) in [7, 11) is 0. The number of hydrogen-bond donors (Lipinski definition) is 3. The zero-order valence-electron chi connectivity index (χ0n) is 10.9. The van der Waals surface area contributed by atoms with Crippen LogP contribution in [0.25, 0.3) is 0 Å². The minimum absolute atomic E-state index is 0.150. The third kappa shape index (κ3) is 1.78. The first-order valence-electron chi connectivity index (χ1n) is 6.96. The van der Waals surface area contributed by atoms with E-state index in [1.807, 2.05) is 18.2 Å². The molecule has 0 saturated heterocycles. The summed E-state index contributed by atoms with van der Waals surface area (Å²) in [5.41, 5.74) is 3.98. The minimum Gasteiger partial charge on any atom is -0.393 e. The second kappa shape index (κ2) is 4.62. The molecule has 3 unspecified atom stereocenters. The smallest absolute Gasteiger partial charge is 0.244 e. The van der Waals surface area contributed by atoms with Gasteiger partial charge in [-0.15, -0.1) is 0 Å². The van der Waals surface area contributed by atoms with Gasteiger partial charge in [0.15, 0.2) is 0 Å². The number of aryl methyl sites for hydroxylation is 1. The largest absolute Gasteiger partial charge is 0.393 e. The van der Waals surface area contributed by atoms with Gasteiger partial charge in [-0.05, 0) is 49.1 Å². The Morgan fingerprint density at radius 3 is 2.89 bits per heavy atom. The second-order valence-corrected chi connectivity index (χ2v) is 5.77. The Kier molecular flexibility index (Phi) is 3.07. The number of nitrogens with two attached hydrogens (primary N) is 1. The number of benzene rings is 1. The van der Waals surface area contributed by atoms with Gasteiger partial charge in [0.2, 0.25) is 5.91 Å². The zero-order chi connectivity index (χ0) is 13.5. The summed E-state index contributed by atoms with van der Waals surface area (Å²) in [5.74, 6) is 5.56. The first-order chi connectivity index (χ1) is 9.18. The molecular formula is C15H20N2O2. The van der Waals surface area contributed by atoms with E-state index in [0.29, 0.717) is 6.42 Å². The Labute approximate surface area is 113 Å². The Bertz CT molecular complexity index is 503. The number of carbonyl (C=O) groups excluding carboxylic acids is 1. The molecule has 102 valence electrons. The van der Waals surface area contributed by atoms with Gasteiger partial charge in [-0.25, -0.2) is 5.84 Å². The summed E-state index contributed by atoms with van der Waals surface area (Å²) in [4.78, 5) is 12.5. The minimum atomic E-state index is -0.638. The fourth-order valence-electron chi connectivity index (χ4n) is 4.03. The number of rotatable bonds is 1. The van der Waals surface area contributed by atoms with E-state index in [1.54, 1.807) is 0 Å². The summed E-state index contributed by atoms with van der Waals surface area (Å²) in [6, 6.07) is 8.08. The van der Waals surface area contributed by atoms with Crippen LogP contribution in [0.3, 0.4) is 0 Å². The van der Waals surface area contributed by atoms with Crippen LogP contribution in [0.2, 0.25) is 0 Å². The first kappa shape index (κ1) is 12.6. The van der Waals surface area contributed by atoms with Crippen LogP contribution < -0.4 is 11.3 Å². The maximum Gasteiger partial charge on any atom is 0.244 e. The number of hydrogen-bond acceptors (Lipinski definition) is 3. The molecule has 3 rings (SSSR count). The van der Waals surface area contributed by atoms with Crippen LogP contribution in [0.5, 0.6) is 0 Å². The Balaban J connectivity index is 2.16. The lowest BCUT2D eigenvalue weighted by atomic mass is 9.56. The van der Waals surface area contributed by atoms with Gasteiger partial charge in [-0.3, -0.25) is 10.2 Å². The standard InChI is InChI=1S/C15H20N2O2/c16-17-14(19)15-9-12(18)8-7-11(15)6-5-10-3-1-2-4-13(10)15/h1-4,11-12,18H,5-9,16H2,(H,17,19). The van der Waals surface area contributed by atoms with E-state index in [9.17, 15) is 9.90 Å². The van der Waals surface area contributed by atoms with E-state index < -0.39 is 11.5 Å². The van der Waals surface area contributed by atoms with Gasteiger partial charge in [0, 0.05) is 0 Å². The van der Waals surface area contributed by atoms with Crippen molar-refractivity contribution in [1.82, 2.24) is 5.43 Å². The maximum atomic E-state index is 12.5. The van der Waals surface area contributed by atoms with Crippen LogP contribution in [0.4, 0.5) is 0 Å². The normalized spacial score (nSPS) is 33.2. The molecule has 1 aromatic carbocycles. The molecule has 0 aliphatic heterocycles. The highest BCUT2D eigenvalue weighted by molar-refractivity contribution is 5.89. The summed E-state index contributed by atoms with van der Waals surface area (Å²) < 4.78 is 0. The van der Waals surface area contributed by atoms with Crippen molar-refractivity contribution >= 4 is 5.91 Å². The van der Waals surface area contributed by atoms with Crippen LogP contribution in [0, 0.1) is 5.92 Å². The van der Waals surface area contributed by atoms with Gasteiger partial charge in [-0.2, -0.15) is 0 Å². The molecule has 1 fully saturated rings. The molecule has 0 spiro atoms. The van der Waals surface area contributed by atoms with Crippen LogP contribution in [-0.4, -0.2) is 17.1 Å². The van der Waals surface area contributed by atoms with Crippen molar-refractivity contribution in [3.63, 3.8) is 0 Å². The lowest BCUT2D eigenvalue weighted by molar-refractivity contribution is -0.133. The Morgan fingerprint density at radius 1 is 1.32 bits per heavy atom. The van der Waals surface area contributed by atoms with E-state index in [1.165, 1.54) is 5.56 Å². The third-order valence-corrected chi connectivity index (χ3v) is 4.90. The number of nitrogens with one attached hydrogen (secondary N) is 1. The molecule has 1 aromatic rings. The van der Waals surface area contributed by atoms with Crippen LogP contribution >= 0.6 is 0 Å². The summed E-state index contributed by atoms with van der Waals surface area (Å²) in [6.07, 6.45) is 3.75. The monoisotopic (exact) mass is 260 g/mol. The maximum absolute atomic E-state index is 12.5. The third-order valence-electron chi connectivity index (χ3n) is 4.90. The first-order valence-corrected chi connectivity index (χ1v) is 6.96. The van der Waals surface area contributed by atoms with E-state index >= 15 is 0 Å². The predicted octanol–water partition coefficient (Wildman–Crippen LogP) is 1.02. The van der Waals surface area contributed by atoms with Gasteiger partial charge in [0.05, 0.1) is 11.5 Å². The quantitative estimate of drug-likeness (QED) is 0.401. The molecule has 1 amide bonds. The topological polar surface area (TPSA) is 75.3 Å². The Hall–Kier alpha value is -1.39. The van der Waals surface area contributed by atoms with Crippen molar-refractivity contribution in [3.05, 3.63) is 35.4 Å². The summed E-state index contributed by atoms with van der Waals surface area (Å²) in [6.45, 7) is 0. The van der Waals surface area contributed by atoms with E-state index in [4.69, 9.17) is 5.84 Å². The van der Waals surface area contributed by atoms with Gasteiger partial charge >= 0.3 is 0 Å². The average molecular weight is 260 g/mol. The van der Waals surface area contributed by atoms with E-state index in [0.717, 1.165) is 31.2 Å². The highest BCUT2D eigenvalue weighted by Crippen LogP contribution is 2.50. The molecule has 0 aromatic heterocycles. The number of hydrazine groups is 1. The van der Waals surface area contributed by atoms with E-state index in [2.05, 4.69) is 11.5 Å². The zero-order valence-corrected chi connectivity index (χ0v) is 10.9. The van der Waals surface area contributed by atoms with E-state index in [-0.39, 0.29) is 11.8 Å². The van der Waals surface area contributed by atoms with Gasteiger partial charge in [-0.1, -0.05) is 24.3 Å². The highest BCUT2D eigenvalue weighted by Gasteiger charge is 2.52. The van der Waals surface area contributed by atoms with Crippen LogP contribution in [0.15, 0.2) is 24.3 Å². The SMILES string of the molecule is NNC(=O)C12CC(O)CCC1CCc1ccccc12. The average Bonchev–Trinajstić information content (AvgIpc) is 2.46. The molecule has 19 heavy (non-hydrogen) atoms. The molecular weight excluding hydrogens is 240 g/mol. The Morgan fingerprint density at radius 2 is 2.11 bits per heavy atom. The number of fused-ring (bicyclic) bond motifs is 3. The van der Waals surface area contributed by atoms with Crippen molar-refractivity contribution in [2.45, 2.75) is 43.6 Å². The van der Waals surface area contributed by atoms with Gasteiger partial charge < -0.3 is 5.11 Å². The molecule has 4 N–H and O–H groups in total. The number of carbonyl (C=O) groups is 1. The predicted molar refractivity (Wildman–Crippen MR) is 72.1 cm³/mol.